The van der Waals surface area contributed by atoms with Crippen LogP contribution in [-0.2, 0) is 9.84 Å². The van der Waals surface area contributed by atoms with Crippen LogP contribution in [0, 0.1) is 12.7 Å². The Bertz CT molecular complexity index is 1560. The van der Waals surface area contributed by atoms with Gasteiger partial charge in [-0.05, 0) is 55.3 Å². The molecule has 0 amide bonds. The Kier molecular flexibility index (Phi) is 6.62. The number of methoxy groups -OCH3 is 1. The molecule has 3 aromatic heterocycles. The minimum absolute atomic E-state index is 0.190. The van der Waals surface area contributed by atoms with E-state index in [4.69, 9.17) is 9.47 Å². The van der Waals surface area contributed by atoms with Gasteiger partial charge in [-0.25, -0.2) is 27.6 Å². The summed E-state index contributed by atoms with van der Waals surface area (Å²) in [5.41, 5.74) is 2.47. The quantitative estimate of drug-likeness (QED) is 0.395. The van der Waals surface area contributed by atoms with Gasteiger partial charge in [-0.15, -0.1) is 0 Å². The molecule has 184 valence electrons. The number of aromatic nitrogens is 4. The number of fused-ring (bicyclic) bond motifs is 1. The number of hydrogen-bond donors (Lipinski definition) is 1. The zero-order chi connectivity index (χ0) is 25.3. The van der Waals surface area contributed by atoms with Gasteiger partial charge < -0.3 is 14.5 Å². The van der Waals surface area contributed by atoms with E-state index >= 15 is 0 Å². The third-order valence-electron chi connectivity index (χ3n) is 5.53. The van der Waals surface area contributed by atoms with Gasteiger partial charge in [0.2, 0.25) is 0 Å². The second kappa shape index (κ2) is 9.49. The van der Waals surface area contributed by atoms with Crippen molar-refractivity contribution in [3.8, 4) is 22.8 Å². The topological polar surface area (TPSA) is 116 Å². The number of halogens is 1. The fraction of sp³-hybridized carbons (Fsp3) is 0.292. The zero-order valence-corrected chi connectivity index (χ0v) is 20.5. The van der Waals surface area contributed by atoms with Crippen LogP contribution < -0.4 is 15.2 Å². The fourth-order valence-corrected chi connectivity index (χ4v) is 4.85. The molecule has 11 heteroatoms. The molecule has 0 aliphatic carbocycles. The Morgan fingerprint density at radius 3 is 2.66 bits per heavy atom. The molecule has 1 aromatic carbocycles. The van der Waals surface area contributed by atoms with Gasteiger partial charge in [-0.1, -0.05) is 6.07 Å². The van der Waals surface area contributed by atoms with Crippen LogP contribution in [-0.4, -0.2) is 53.7 Å². The number of aryl methyl sites for hydroxylation is 1. The summed E-state index contributed by atoms with van der Waals surface area (Å²) < 4.78 is 50.6. The molecule has 0 spiro atoms. The number of nitrogens with one attached hydrogen (secondary N) is 1. The fourth-order valence-electron chi connectivity index (χ4n) is 3.96. The molecule has 1 atom stereocenters. The monoisotopic (exact) mass is 500 g/mol. The van der Waals surface area contributed by atoms with E-state index in [1.807, 2.05) is 6.92 Å². The van der Waals surface area contributed by atoms with Gasteiger partial charge in [0, 0.05) is 18.0 Å². The number of sulfone groups is 1. The number of hydrogen-bond acceptors (Lipinski definition) is 7. The molecule has 1 N–H and O–H groups in total. The minimum Gasteiger partial charge on any atom is -0.491 e. The first-order chi connectivity index (χ1) is 16.6. The van der Waals surface area contributed by atoms with Crippen molar-refractivity contribution >= 4 is 21.0 Å². The highest BCUT2D eigenvalue weighted by atomic mass is 32.2. The van der Waals surface area contributed by atoms with Gasteiger partial charge in [0.15, 0.2) is 11.4 Å². The first-order valence-electron chi connectivity index (χ1n) is 10.8. The SMILES string of the molecule is CCOc1nc(C(CS(C)(=O)=O)n2c(=O)[nH]c3cc(-c4cc(F)ccc4C)cnc32)ccc1OC. The molecule has 1 unspecified atom stereocenters. The number of rotatable bonds is 8. The van der Waals surface area contributed by atoms with Gasteiger partial charge >= 0.3 is 5.69 Å². The highest BCUT2D eigenvalue weighted by Gasteiger charge is 2.27. The molecule has 3 heterocycles. The maximum absolute atomic E-state index is 13.8. The molecule has 0 saturated carbocycles. The van der Waals surface area contributed by atoms with Crippen molar-refractivity contribution in [1.29, 1.82) is 0 Å². The maximum atomic E-state index is 13.8. The van der Waals surface area contributed by atoms with Crippen LogP contribution in [0.3, 0.4) is 0 Å². The lowest BCUT2D eigenvalue weighted by Gasteiger charge is -2.19. The Balaban J connectivity index is 1.89. The summed E-state index contributed by atoms with van der Waals surface area (Å²) in [6.07, 6.45) is 2.61. The normalized spacial score (nSPS) is 12.6. The average Bonchev–Trinajstić information content (AvgIpc) is 3.13. The van der Waals surface area contributed by atoms with Crippen LogP contribution in [0.2, 0.25) is 0 Å². The average molecular weight is 501 g/mol. The summed E-state index contributed by atoms with van der Waals surface area (Å²) in [6, 6.07) is 8.34. The number of imidazole rings is 1. The van der Waals surface area contributed by atoms with E-state index in [0.717, 1.165) is 11.8 Å². The summed E-state index contributed by atoms with van der Waals surface area (Å²) >= 11 is 0. The number of nitrogens with zero attached hydrogens (tertiary/aromatic N) is 3. The molecule has 4 rings (SSSR count). The van der Waals surface area contributed by atoms with Gasteiger partial charge in [-0.2, -0.15) is 0 Å². The molecule has 9 nitrogen and oxygen atoms in total. The molecular weight excluding hydrogens is 475 g/mol. The molecule has 0 fully saturated rings. The van der Waals surface area contributed by atoms with Crippen molar-refractivity contribution in [3.05, 3.63) is 70.2 Å². The van der Waals surface area contributed by atoms with Crippen molar-refractivity contribution in [2.75, 3.05) is 25.7 Å². The van der Waals surface area contributed by atoms with Crippen LogP contribution in [0.25, 0.3) is 22.3 Å². The Hall–Kier alpha value is -3.73. The van der Waals surface area contributed by atoms with Crippen molar-refractivity contribution in [3.63, 3.8) is 0 Å². The first kappa shape index (κ1) is 24.4. The van der Waals surface area contributed by atoms with E-state index in [1.165, 1.54) is 30.0 Å². The highest BCUT2D eigenvalue weighted by Crippen LogP contribution is 2.30. The largest absolute Gasteiger partial charge is 0.491 e. The molecule has 4 aromatic rings. The lowest BCUT2D eigenvalue weighted by molar-refractivity contribution is 0.296. The lowest BCUT2D eigenvalue weighted by atomic mass is 10.0. The van der Waals surface area contributed by atoms with Crippen molar-refractivity contribution < 1.29 is 22.3 Å². The molecule has 0 aliphatic heterocycles. The lowest BCUT2D eigenvalue weighted by Crippen LogP contribution is -2.29. The van der Waals surface area contributed by atoms with Crippen LogP contribution in [0.5, 0.6) is 11.6 Å². The molecular formula is C24H25FN4O5S. The van der Waals surface area contributed by atoms with Crippen molar-refractivity contribution in [1.82, 2.24) is 19.5 Å². The number of benzene rings is 1. The summed E-state index contributed by atoms with van der Waals surface area (Å²) in [6.45, 7) is 3.95. The molecule has 0 bridgehead atoms. The first-order valence-corrected chi connectivity index (χ1v) is 12.9. The molecule has 0 aliphatic rings. The van der Waals surface area contributed by atoms with Crippen LogP contribution >= 0.6 is 0 Å². The zero-order valence-electron chi connectivity index (χ0n) is 19.7. The molecule has 0 saturated heterocycles. The maximum Gasteiger partial charge on any atom is 0.328 e. The number of ether oxygens (including phenoxy) is 2. The summed E-state index contributed by atoms with van der Waals surface area (Å²) in [7, 11) is -2.07. The summed E-state index contributed by atoms with van der Waals surface area (Å²) in [5.74, 6) is -0.207. The number of pyridine rings is 2. The third kappa shape index (κ3) is 5.04. The van der Waals surface area contributed by atoms with E-state index in [2.05, 4.69) is 15.0 Å². The third-order valence-corrected chi connectivity index (χ3v) is 6.45. The van der Waals surface area contributed by atoms with E-state index in [1.54, 1.807) is 31.2 Å². The molecule has 35 heavy (non-hydrogen) atoms. The Morgan fingerprint density at radius 1 is 1.20 bits per heavy atom. The van der Waals surface area contributed by atoms with Crippen molar-refractivity contribution in [2.24, 2.45) is 0 Å². The number of aromatic amines is 1. The summed E-state index contributed by atoms with van der Waals surface area (Å²) in [4.78, 5) is 24.7. The minimum atomic E-state index is -3.54. The smallest absolute Gasteiger partial charge is 0.328 e. The number of H-pyrrole nitrogens is 1. The highest BCUT2D eigenvalue weighted by molar-refractivity contribution is 7.90. The van der Waals surface area contributed by atoms with E-state index in [9.17, 15) is 17.6 Å². The van der Waals surface area contributed by atoms with Gasteiger partial charge in [0.05, 0.1) is 36.7 Å². The second-order valence-electron chi connectivity index (χ2n) is 8.14. The predicted molar refractivity (Wildman–Crippen MR) is 130 cm³/mol. The van der Waals surface area contributed by atoms with Gasteiger partial charge in [-0.3, -0.25) is 4.57 Å². The van der Waals surface area contributed by atoms with E-state index in [0.29, 0.717) is 34.7 Å². The summed E-state index contributed by atoms with van der Waals surface area (Å²) in [5, 5.41) is 0. The predicted octanol–water partition coefficient (Wildman–Crippen LogP) is 3.28. The van der Waals surface area contributed by atoms with E-state index in [-0.39, 0.29) is 17.3 Å². The molecule has 0 radical (unpaired) electrons. The van der Waals surface area contributed by atoms with Crippen LogP contribution in [0.4, 0.5) is 4.39 Å². The van der Waals surface area contributed by atoms with Crippen molar-refractivity contribution in [2.45, 2.75) is 19.9 Å². The van der Waals surface area contributed by atoms with Gasteiger partial charge in [0.25, 0.3) is 5.88 Å². The van der Waals surface area contributed by atoms with Crippen LogP contribution in [0.1, 0.15) is 24.2 Å². The second-order valence-corrected chi connectivity index (χ2v) is 10.3. The van der Waals surface area contributed by atoms with Crippen LogP contribution in [0.15, 0.2) is 47.4 Å². The Labute approximate surface area is 201 Å². The Morgan fingerprint density at radius 2 is 1.97 bits per heavy atom. The van der Waals surface area contributed by atoms with E-state index < -0.39 is 27.3 Å². The van der Waals surface area contributed by atoms with Gasteiger partial charge in [0.1, 0.15) is 15.7 Å². The standard InChI is InChI=1S/C24H25FN4O5S/c1-5-34-23-21(33-3)9-8-18(27-23)20(13-35(4,31)32)29-22-19(28-24(29)30)10-15(12-26-22)17-11-16(25)7-6-14(17)2/h6-12,20H,5,13H2,1-4H3,(H,28,30).